The molecule has 0 bridgehead atoms. The van der Waals surface area contributed by atoms with E-state index in [0.717, 1.165) is 6.07 Å². The Hall–Kier alpha value is -1.41. The third-order valence-corrected chi connectivity index (χ3v) is 4.16. The maximum atomic E-state index is 13.2. The second-order valence-corrected chi connectivity index (χ2v) is 5.10. The molecule has 0 fully saturated rings. The molecule has 0 aliphatic rings. The maximum absolute atomic E-state index is 13.2. The van der Waals surface area contributed by atoms with E-state index in [1.807, 2.05) is 0 Å². The van der Waals surface area contributed by atoms with Gasteiger partial charge >= 0.3 is 0 Å². The van der Waals surface area contributed by atoms with Gasteiger partial charge in [0.1, 0.15) is 10.7 Å². The summed E-state index contributed by atoms with van der Waals surface area (Å²) in [6.45, 7) is 1.58. The minimum Gasteiger partial charge on any atom is -0.222 e. The number of hydrogen-bond donors (Lipinski definition) is 0. The van der Waals surface area contributed by atoms with Crippen LogP contribution in [0.1, 0.15) is 13.3 Å². The largest absolute Gasteiger partial charge is 0.222 e. The first-order valence-corrected chi connectivity index (χ1v) is 5.96. The molecule has 0 amide bonds. The van der Waals surface area contributed by atoms with E-state index >= 15 is 0 Å². The van der Waals surface area contributed by atoms with Crippen LogP contribution >= 0.6 is 0 Å². The monoisotopic (exact) mass is 227 g/mol. The molecule has 0 spiro atoms. The van der Waals surface area contributed by atoms with Crippen LogP contribution < -0.4 is 0 Å². The van der Waals surface area contributed by atoms with Crippen molar-refractivity contribution in [3.05, 3.63) is 30.1 Å². The summed E-state index contributed by atoms with van der Waals surface area (Å²) in [5.74, 6) is -0.814. The van der Waals surface area contributed by atoms with Crippen LogP contribution in [0.3, 0.4) is 0 Å². The number of hydrogen-bond acceptors (Lipinski definition) is 3. The molecule has 0 aromatic heterocycles. The summed E-state index contributed by atoms with van der Waals surface area (Å²) < 4.78 is 36.7. The normalized spacial score (nSPS) is 13.1. The quantitative estimate of drug-likeness (QED) is 0.792. The summed E-state index contributed by atoms with van der Waals surface area (Å²) >= 11 is 0. The molecule has 3 nitrogen and oxygen atoms in total. The van der Waals surface area contributed by atoms with E-state index in [1.165, 1.54) is 18.2 Å². The molecule has 1 aromatic carbocycles. The van der Waals surface area contributed by atoms with Crippen molar-refractivity contribution in [3.63, 3.8) is 0 Å². The van der Waals surface area contributed by atoms with Crippen LogP contribution in [-0.2, 0) is 9.84 Å². The molecule has 15 heavy (non-hydrogen) atoms. The van der Waals surface area contributed by atoms with Crippen LogP contribution in [0.5, 0.6) is 0 Å². The van der Waals surface area contributed by atoms with E-state index < -0.39 is 25.8 Å². The van der Waals surface area contributed by atoms with Gasteiger partial charge in [-0.15, -0.1) is 0 Å². The first kappa shape index (κ1) is 11.7. The lowest BCUT2D eigenvalue weighted by Gasteiger charge is -2.08. The fourth-order valence-electron chi connectivity index (χ4n) is 1.21. The summed E-state index contributed by atoms with van der Waals surface area (Å²) in [5, 5.41) is 7.48. The van der Waals surface area contributed by atoms with E-state index in [1.54, 1.807) is 13.0 Å². The smallest absolute Gasteiger partial charge is 0.197 e. The molecule has 80 valence electrons. The van der Waals surface area contributed by atoms with Gasteiger partial charge < -0.3 is 0 Å². The number of benzene rings is 1. The van der Waals surface area contributed by atoms with E-state index in [0.29, 0.717) is 0 Å². The minimum atomic E-state index is -3.87. The van der Waals surface area contributed by atoms with E-state index in [2.05, 4.69) is 0 Å². The highest BCUT2D eigenvalue weighted by Gasteiger charge is 2.28. The molecule has 0 radical (unpaired) electrons. The van der Waals surface area contributed by atoms with Gasteiger partial charge in [0, 0.05) is 0 Å². The van der Waals surface area contributed by atoms with Crippen LogP contribution in [0.2, 0.25) is 0 Å². The lowest BCUT2D eigenvalue weighted by Crippen LogP contribution is -2.19. The van der Waals surface area contributed by atoms with E-state index in [4.69, 9.17) is 5.26 Å². The van der Waals surface area contributed by atoms with Crippen LogP contribution in [0.25, 0.3) is 0 Å². The Kier molecular flexibility index (Phi) is 3.43. The van der Waals surface area contributed by atoms with Crippen molar-refractivity contribution in [1.82, 2.24) is 0 Å². The van der Waals surface area contributed by atoms with Gasteiger partial charge in [-0.3, -0.25) is 0 Å². The minimum absolute atomic E-state index is 0.146. The van der Waals surface area contributed by atoms with Crippen molar-refractivity contribution in [1.29, 1.82) is 5.26 Å². The Morgan fingerprint density at radius 2 is 2.07 bits per heavy atom. The molecule has 0 aliphatic carbocycles. The molecular weight excluding hydrogens is 217 g/mol. The van der Waals surface area contributed by atoms with Crippen molar-refractivity contribution < 1.29 is 12.8 Å². The van der Waals surface area contributed by atoms with Crippen molar-refractivity contribution in [3.8, 4) is 6.07 Å². The predicted octanol–water partition coefficient (Wildman–Crippen LogP) is 1.90. The summed E-state index contributed by atoms with van der Waals surface area (Å²) in [6.07, 6.45) is 0.146. The first-order valence-electron chi connectivity index (χ1n) is 4.42. The Morgan fingerprint density at radius 3 is 2.53 bits per heavy atom. The zero-order valence-electron chi connectivity index (χ0n) is 8.14. The van der Waals surface area contributed by atoms with Crippen molar-refractivity contribution in [2.24, 2.45) is 0 Å². The number of nitriles is 1. The fraction of sp³-hybridized carbons (Fsp3) is 0.300. The van der Waals surface area contributed by atoms with Gasteiger partial charge in [-0.1, -0.05) is 19.1 Å². The highest BCUT2D eigenvalue weighted by atomic mass is 32.2. The lowest BCUT2D eigenvalue weighted by atomic mass is 10.3. The summed E-state index contributed by atoms with van der Waals surface area (Å²) in [7, 11) is -3.87. The maximum Gasteiger partial charge on any atom is 0.197 e. The Bertz CT molecular complexity index is 490. The third-order valence-electron chi connectivity index (χ3n) is 2.03. The molecule has 1 aromatic rings. The average Bonchev–Trinajstić information content (AvgIpc) is 2.19. The Morgan fingerprint density at radius 1 is 1.47 bits per heavy atom. The molecule has 0 saturated carbocycles. The van der Waals surface area contributed by atoms with Gasteiger partial charge in [-0.2, -0.15) is 5.26 Å². The van der Waals surface area contributed by atoms with Crippen molar-refractivity contribution >= 4 is 9.84 Å². The number of nitrogens with zero attached hydrogens (tertiary/aromatic N) is 1. The Balaban J connectivity index is 3.31. The van der Waals surface area contributed by atoms with E-state index in [9.17, 15) is 12.8 Å². The highest BCUT2D eigenvalue weighted by molar-refractivity contribution is 7.92. The summed E-state index contributed by atoms with van der Waals surface area (Å²) in [5.41, 5.74) is 0. The van der Waals surface area contributed by atoms with Gasteiger partial charge in [0.15, 0.2) is 15.1 Å². The highest BCUT2D eigenvalue weighted by Crippen LogP contribution is 2.20. The molecule has 1 rings (SSSR count). The molecular formula is C10H10FNO2S. The van der Waals surface area contributed by atoms with E-state index in [-0.39, 0.29) is 6.42 Å². The first-order chi connectivity index (χ1) is 7.04. The third kappa shape index (κ3) is 2.16. The van der Waals surface area contributed by atoms with Gasteiger partial charge in [0.25, 0.3) is 0 Å². The fourth-order valence-corrected chi connectivity index (χ4v) is 2.70. The average molecular weight is 227 g/mol. The van der Waals surface area contributed by atoms with Crippen LogP contribution in [-0.4, -0.2) is 13.7 Å². The zero-order chi connectivity index (χ0) is 11.5. The lowest BCUT2D eigenvalue weighted by molar-refractivity contribution is 0.561. The molecule has 5 heteroatoms. The topological polar surface area (TPSA) is 57.9 Å². The standard InChI is InChI=1S/C10H10FNO2S/c1-2-8(7-12)15(13,14)10-6-4-3-5-9(10)11/h3-6,8H,2H2,1H3. The molecule has 1 unspecified atom stereocenters. The summed E-state index contributed by atoms with van der Waals surface area (Å²) in [6, 6.07) is 6.74. The van der Waals surface area contributed by atoms with Crippen LogP contribution in [0, 0.1) is 17.1 Å². The Labute approximate surface area is 88.1 Å². The number of sulfone groups is 1. The van der Waals surface area contributed by atoms with Gasteiger partial charge in [0.05, 0.1) is 6.07 Å². The number of halogens is 1. The SMILES string of the molecule is CCC(C#N)S(=O)(=O)c1ccccc1F. The summed E-state index contributed by atoms with van der Waals surface area (Å²) in [4.78, 5) is -0.404. The van der Waals surface area contributed by atoms with Gasteiger partial charge in [-0.25, -0.2) is 12.8 Å². The van der Waals surface area contributed by atoms with Gasteiger partial charge in [-0.05, 0) is 18.6 Å². The molecule has 0 saturated heterocycles. The van der Waals surface area contributed by atoms with Crippen LogP contribution in [0.15, 0.2) is 29.2 Å². The zero-order valence-corrected chi connectivity index (χ0v) is 8.96. The molecule has 0 aliphatic heterocycles. The molecule has 0 N–H and O–H groups in total. The van der Waals surface area contributed by atoms with Crippen molar-refractivity contribution in [2.75, 3.05) is 0 Å². The predicted molar refractivity (Wildman–Crippen MR) is 53.3 cm³/mol. The molecule has 0 heterocycles. The second kappa shape index (κ2) is 4.41. The molecule has 1 atom stereocenters. The second-order valence-electron chi connectivity index (χ2n) is 3.00. The van der Waals surface area contributed by atoms with Crippen LogP contribution in [0.4, 0.5) is 4.39 Å². The number of rotatable bonds is 3. The van der Waals surface area contributed by atoms with Crippen molar-refractivity contribution in [2.45, 2.75) is 23.5 Å². The van der Waals surface area contributed by atoms with Gasteiger partial charge in [0.2, 0.25) is 0 Å².